The maximum Gasteiger partial charge on any atom is 0.150 e. The Morgan fingerprint density at radius 3 is 2.33 bits per heavy atom. The van der Waals surface area contributed by atoms with E-state index < -0.39 is 15.4 Å². The van der Waals surface area contributed by atoms with Crippen LogP contribution < -0.4 is 0 Å². The molecule has 0 aromatic carbocycles. The Balaban J connectivity index is 2.08. The van der Waals surface area contributed by atoms with Crippen LogP contribution in [-0.4, -0.2) is 31.1 Å². The van der Waals surface area contributed by atoms with Crippen molar-refractivity contribution < 1.29 is 13.5 Å². The molecule has 0 heterocycles. The number of fused-ring (bicyclic) bond motifs is 1. The summed E-state index contributed by atoms with van der Waals surface area (Å²) in [4.78, 5) is 0. The molecule has 0 aromatic heterocycles. The molecule has 0 radical (unpaired) electrons. The van der Waals surface area contributed by atoms with E-state index in [1.807, 2.05) is 0 Å². The topological polar surface area (TPSA) is 54.4 Å². The van der Waals surface area contributed by atoms with Gasteiger partial charge in [0.05, 0.1) is 11.4 Å². The second kappa shape index (κ2) is 2.23. The van der Waals surface area contributed by atoms with Crippen LogP contribution >= 0.6 is 0 Å². The first kappa shape index (κ1) is 8.51. The van der Waals surface area contributed by atoms with E-state index in [4.69, 9.17) is 0 Å². The predicted molar refractivity (Wildman–Crippen MR) is 45.5 cm³/mol. The van der Waals surface area contributed by atoms with Crippen molar-refractivity contribution in [2.75, 3.05) is 12.0 Å². The molecule has 0 spiro atoms. The minimum absolute atomic E-state index is 0.0324. The van der Waals surface area contributed by atoms with Crippen molar-refractivity contribution in [1.82, 2.24) is 0 Å². The standard InChI is InChI=1S/C8H14O3S/c1-12(10,11)5-8(9)6-3-2-4-7(6)8/h6-7,9H,2-5H2,1H3. The zero-order valence-electron chi connectivity index (χ0n) is 7.16. The van der Waals surface area contributed by atoms with Gasteiger partial charge in [-0.1, -0.05) is 6.42 Å². The van der Waals surface area contributed by atoms with Gasteiger partial charge in [0.15, 0.2) is 0 Å². The SMILES string of the molecule is CS(=O)(=O)CC1(O)C2CCCC21. The van der Waals surface area contributed by atoms with Crippen molar-refractivity contribution in [3.63, 3.8) is 0 Å². The van der Waals surface area contributed by atoms with Crippen molar-refractivity contribution in [2.45, 2.75) is 24.9 Å². The van der Waals surface area contributed by atoms with Crippen LogP contribution in [0.2, 0.25) is 0 Å². The summed E-state index contributed by atoms with van der Waals surface area (Å²) >= 11 is 0. The van der Waals surface area contributed by atoms with Crippen molar-refractivity contribution in [3.05, 3.63) is 0 Å². The van der Waals surface area contributed by atoms with Crippen LogP contribution in [-0.2, 0) is 9.84 Å². The molecular weight excluding hydrogens is 176 g/mol. The summed E-state index contributed by atoms with van der Waals surface area (Å²) in [6.07, 6.45) is 4.37. The summed E-state index contributed by atoms with van der Waals surface area (Å²) in [7, 11) is -3.01. The van der Waals surface area contributed by atoms with Gasteiger partial charge in [-0.05, 0) is 24.7 Å². The Hall–Kier alpha value is -0.0900. The Morgan fingerprint density at radius 1 is 1.42 bits per heavy atom. The van der Waals surface area contributed by atoms with E-state index in [-0.39, 0.29) is 17.6 Å². The molecular formula is C8H14O3S. The normalized spacial score (nSPS) is 45.8. The van der Waals surface area contributed by atoms with Crippen LogP contribution in [0, 0.1) is 11.8 Å². The third-order valence-corrected chi connectivity index (χ3v) is 4.17. The molecule has 2 saturated carbocycles. The van der Waals surface area contributed by atoms with Crippen LogP contribution in [0.3, 0.4) is 0 Å². The third-order valence-electron chi connectivity index (χ3n) is 3.18. The van der Waals surface area contributed by atoms with Gasteiger partial charge >= 0.3 is 0 Å². The smallest absolute Gasteiger partial charge is 0.150 e. The number of aliphatic hydroxyl groups is 1. The highest BCUT2D eigenvalue weighted by Gasteiger charge is 2.66. The maximum absolute atomic E-state index is 11.0. The summed E-state index contributed by atoms with van der Waals surface area (Å²) < 4.78 is 21.9. The van der Waals surface area contributed by atoms with Gasteiger partial charge in [0.1, 0.15) is 9.84 Å². The lowest BCUT2D eigenvalue weighted by Gasteiger charge is -2.11. The monoisotopic (exact) mass is 190 g/mol. The Bertz CT molecular complexity index is 283. The molecule has 2 rings (SSSR count). The van der Waals surface area contributed by atoms with E-state index in [0.29, 0.717) is 0 Å². The zero-order valence-corrected chi connectivity index (χ0v) is 7.97. The van der Waals surface area contributed by atoms with Gasteiger partial charge in [-0.2, -0.15) is 0 Å². The maximum atomic E-state index is 11.0. The average Bonchev–Trinajstić information content (AvgIpc) is 2.33. The second-order valence-electron chi connectivity index (χ2n) is 4.21. The summed E-state index contributed by atoms with van der Waals surface area (Å²) in [6.45, 7) is 0. The van der Waals surface area contributed by atoms with E-state index >= 15 is 0 Å². The zero-order chi connectivity index (χ0) is 8.98. The van der Waals surface area contributed by atoms with Gasteiger partial charge in [0, 0.05) is 6.26 Å². The first-order valence-electron chi connectivity index (χ1n) is 4.33. The average molecular weight is 190 g/mol. The molecule has 2 unspecified atom stereocenters. The van der Waals surface area contributed by atoms with Crippen LogP contribution in [0.25, 0.3) is 0 Å². The number of hydrogen-bond donors (Lipinski definition) is 1. The molecule has 0 saturated heterocycles. The highest BCUT2D eigenvalue weighted by atomic mass is 32.2. The van der Waals surface area contributed by atoms with Gasteiger partial charge in [-0.15, -0.1) is 0 Å². The highest BCUT2D eigenvalue weighted by Crippen LogP contribution is 2.60. The van der Waals surface area contributed by atoms with Crippen LogP contribution in [0.5, 0.6) is 0 Å². The molecule has 0 aliphatic heterocycles. The molecule has 4 heteroatoms. The van der Waals surface area contributed by atoms with Gasteiger partial charge in [-0.3, -0.25) is 0 Å². The van der Waals surface area contributed by atoms with Crippen molar-refractivity contribution >= 4 is 9.84 Å². The fraction of sp³-hybridized carbons (Fsp3) is 1.00. The Kier molecular flexibility index (Phi) is 1.58. The van der Waals surface area contributed by atoms with Crippen molar-refractivity contribution in [1.29, 1.82) is 0 Å². The van der Waals surface area contributed by atoms with Crippen LogP contribution in [0.15, 0.2) is 0 Å². The van der Waals surface area contributed by atoms with Crippen LogP contribution in [0.1, 0.15) is 19.3 Å². The third kappa shape index (κ3) is 1.17. The molecule has 3 nitrogen and oxygen atoms in total. The Morgan fingerprint density at radius 2 is 1.92 bits per heavy atom. The molecule has 12 heavy (non-hydrogen) atoms. The minimum atomic E-state index is -3.01. The van der Waals surface area contributed by atoms with Gasteiger partial charge < -0.3 is 5.11 Å². The lowest BCUT2D eigenvalue weighted by atomic mass is 10.1. The van der Waals surface area contributed by atoms with Gasteiger partial charge in [-0.25, -0.2) is 8.42 Å². The Labute approximate surface area is 72.7 Å². The highest BCUT2D eigenvalue weighted by molar-refractivity contribution is 7.90. The number of sulfone groups is 1. The van der Waals surface area contributed by atoms with E-state index in [1.54, 1.807) is 0 Å². The van der Waals surface area contributed by atoms with Gasteiger partial charge in [0.25, 0.3) is 0 Å². The molecule has 0 aromatic rings. The van der Waals surface area contributed by atoms with Crippen LogP contribution in [0.4, 0.5) is 0 Å². The van der Waals surface area contributed by atoms with Crippen molar-refractivity contribution in [3.8, 4) is 0 Å². The lowest BCUT2D eigenvalue weighted by molar-refractivity contribution is 0.129. The predicted octanol–water partition coefficient (Wildman–Crippen LogP) is 0.192. The number of hydrogen-bond acceptors (Lipinski definition) is 3. The summed E-state index contributed by atoms with van der Waals surface area (Å²) in [5, 5.41) is 9.86. The first-order valence-corrected chi connectivity index (χ1v) is 6.40. The molecule has 70 valence electrons. The summed E-state index contributed by atoms with van der Waals surface area (Å²) in [5.41, 5.74) is -0.841. The first-order chi connectivity index (χ1) is 5.43. The second-order valence-corrected chi connectivity index (χ2v) is 6.35. The molecule has 1 N–H and O–H groups in total. The van der Waals surface area contributed by atoms with E-state index in [0.717, 1.165) is 19.3 Å². The fourth-order valence-electron chi connectivity index (χ4n) is 2.68. The molecule has 0 bridgehead atoms. The molecule has 2 atom stereocenters. The van der Waals surface area contributed by atoms with E-state index in [2.05, 4.69) is 0 Å². The molecule has 2 aliphatic carbocycles. The summed E-state index contributed by atoms with van der Waals surface area (Å²) in [5.74, 6) is 0.537. The largest absolute Gasteiger partial charge is 0.388 e. The molecule has 0 amide bonds. The van der Waals surface area contributed by atoms with Crippen molar-refractivity contribution in [2.24, 2.45) is 11.8 Å². The minimum Gasteiger partial charge on any atom is -0.388 e. The summed E-state index contributed by atoms with van der Waals surface area (Å²) in [6, 6.07) is 0. The lowest BCUT2D eigenvalue weighted by Crippen LogP contribution is -2.26. The molecule has 2 fully saturated rings. The quantitative estimate of drug-likeness (QED) is 0.676. The van der Waals surface area contributed by atoms with E-state index in [9.17, 15) is 13.5 Å². The fourth-order valence-corrected chi connectivity index (χ4v) is 3.95. The number of rotatable bonds is 2. The van der Waals surface area contributed by atoms with Gasteiger partial charge in [0.2, 0.25) is 0 Å². The van der Waals surface area contributed by atoms with E-state index in [1.165, 1.54) is 6.26 Å². The molecule has 2 aliphatic rings.